The van der Waals surface area contributed by atoms with Crippen molar-refractivity contribution in [3.63, 3.8) is 0 Å². The van der Waals surface area contributed by atoms with E-state index in [0.717, 1.165) is 29.5 Å². The summed E-state index contributed by atoms with van der Waals surface area (Å²) in [5, 5.41) is 12.9. The van der Waals surface area contributed by atoms with Crippen molar-refractivity contribution in [1.29, 1.82) is 0 Å². The molecular weight excluding hydrogens is 305 g/mol. The lowest BCUT2D eigenvalue weighted by molar-refractivity contribution is -0.119. The van der Waals surface area contributed by atoms with E-state index in [9.17, 15) is 14.3 Å². The Balaban J connectivity index is 2.07. The first kappa shape index (κ1) is 16.2. The zero-order valence-electron chi connectivity index (χ0n) is 13.5. The maximum Gasteiger partial charge on any atom is 0.217 e. The molecule has 0 fully saturated rings. The highest BCUT2D eigenvalue weighted by molar-refractivity contribution is 5.74. The molecule has 2 atom stereocenters. The van der Waals surface area contributed by atoms with E-state index in [1.165, 1.54) is 19.1 Å². The van der Waals surface area contributed by atoms with Crippen molar-refractivity contribution in [1.82, 2.24) is 5.32 Å². The fraction of sp³-hybridized carbons (Fsp3) is 0.250. The van der Waals surface area contributed by atoms with E-state index < -0.39 is 0 Å². The van der Waals surface area contributed by atoms with Gasteiger partial charge in [-0.05, 0) is 53.8 Å². The molecule has 4 heteroatoms. The number of aromatic hydroxyl groups is 1. The molecule has 0 spiro atoms. The topological polar surface area (TPSA) is 49.3 Å². The highest BCUT2D eigenvalue weighted by Crippen LogP contribution is 2.38. The normalized spacial score (nSPS) is 19.9. The predicted molar refractivity (Wildman–Crippen MR) is 92.2 cm³/mol. The van der Waals surface area contributed by atoms with Crippen LogP contribution in [0.25, 0.3) is 11.1 Å². The molecule has 0 heterocycles. The Bertz CT molecular complexity index is 785. The van der Waals surface area contributed by atoms with Crippen molar-refractivity contribution in [2.45, 2.75) is 31.7 Å². The van der Waals surface area contributed by atoms with E-state index in [1.54, 1.807) is 18.2 Å². The lowest BCUT2D eigenvalue weighted by atomic mass is 9.80. The van der Waals surface area contributed by atoms with Gasteiger partial charge in [0.15, 0.2) is 0 Å². The number of allylic oxidation sites excluding steroid dienone is 1. The molecule has 0 aromatic heterocycles. The third-order valence-electron chi connectivity index (χ3n) is 4.39. The molecule has 2 aromatic rings. The average molecular weight is 325 g/mol. The first-order valence-electron chi connectivity index (χ1n) is 8.05. The zero-order valence-corrected chi connectivity index (χ0v) is 13.5. The monoisotopic (exact) mass is 325 g/mol. The molecule has 1 amide bonds. The highest BCUT2D eigenvalue weighted by atomic mass is 19.1. The van der Waals surface area contributed by atoms with Crippen LogP contribution in [0.15, 0.2) is 54.6 Å². The number of amides is 1. The Hall–Kier alpha value is -2.62. The van der Waals surface area contributed by atoms with Gasteiger partial charge in [0.25, 0.3) is 0 Å². The molecule has 0 saturated heterocycles. The van der Waals surface area contributed by atoms with Crippen LogP contribution < -0.4 is 5.32 Å². The summed E-state index contributed by atoms with van der Waals surface area (Å²) in [4.78, 5) is 11.5. The van der Waals surface area contributed by atoms with E-state index in [4.69, 9.17) is 0 Å². The van der Waals surface area contributed by atoms with Gasteiger partial charge < -0.3 is 10.4 Å². The number of benzene rings is 2. The minimum atomic E-state index is -0.316. The van der Waals surface area contributed by atoms with Gasteiger partial charge in [-0.2, -0.15) is 0 Å². The van der Waals surface area contributed by atoms with E-state index in [1.807, 2.05) is 12.1 Å². The molecule has 0 bridgehead atoms. The molecule has 2 aromatic carbocycles. The molecule has 1 aliphatic rings. The van der Waals surface area contributed by atoms with Crippen molar-refractivity contribution in [3.05, 3.63) is 66.0 Å². The largest absolute Gasteiger partial charge is 0.508 e. The number of phenolic OH excluding ortho intramolecular Hbond substituents is 1. The molecule has 124 valence electrons. The summed E-state index contributed by atoms with van der Waals surface area (Å²) in [7, 11) is 0. The van der Waals surface area contributed by atoms with Gasteiger partial charge in [-0.3, -0.25) is 4.79 Å². The number of carbonyl (C=O) groups excluding carboxylic acids is 1. The van der Waals surface area contributed by atoms with Crippen molar-refractivity contribution < 1.29 is 14.3 Å². The number of phenols is 1. The summed E-state index contributed by atoms with van der Waals surface area (Å²) < 4.78 is 13.6. The summed E-state index contributed by atoms with van der Waals surface area (Å²) >= 11 is 0. The number of rotatable bonds is 3. The van der Waals surface area contributed by atoms with Gasteiger partial charge in [0.1, 0.15) is 11.6 Å². The minimum absolute atomic E-state index is 0.00986. The first-order valence-corrected chi connectivity index (χ1v) is 8.05. The standard InChI is InChI=1S/C20H20FNO2/c1-13(23)22-20-8-3-2-7-18(20)17-10-9-16(24)12-19(17)14-5-4-6-15(21)11-14/h2-6,9-12,18,20,24H,7-8H2,1H3,(H,22,23). The maximum atomic E-state index is 13.6. The molecule has 3 nitrogen and oxygen atoms in total. The van der Waals surface area contributed by atoms with Crippen LogP contribution in [0.1, 0.15) is 31.2 Å². The summed E-state index contributed by atoms with van der Waals surface area (Å²) in [6.07, 6.45) is 5.72. The molecular formula is C20H20FNO2. The van der Waals surface area contributed by atoms with Crippen LogP contribution in [-0.4, -0.2) is 17.1 Å². The number of halogens is 1. The van der Waals surface area contributed by atoms with Crippen LogP contribution in [0, 0.1) is 5.82 Å². The summed E-state index contributed by atoms with van der Waals surface area (Å²) in [5.74, 6) is -0.159. The SMILES string of the molecule is CC(=O)NC1CC=CCC1c1ccc(O)cc1-c1cccc(F)c1. The van der Waals surface area contributed by atoms with Crippen LogP contribution in [0.4, 0.5) is 4.39 Å². The Morgan fingerprint density at radius 1 is 1.17 bits per heavy atom. The second-order valence-electron chi connectivity index (χ2n) is 6.14. The Morgan fingerprint density at radius 2 is 1.96 bits per heavy atom. The van der Waals surface area contributed by atoms with Gasteiger partial charge in [0.05, 0.1) is 0 Å². The fourth-order valence-corrected chi connectivity index (χ4v) is 3.35. The number of nitrogens with one attached hydrogen (secondary N) is 1. The summed E-state index contributed by atoms with van der Waals surface area (Å²) in [5.41, 5.74) is 2.52. The Morgan fingerprint density at radius 3 is 2.71 bits per heavy atom. The second kappa shape index (κ2) is 6.87. The molecule has 3 rings (SSSR count). The van der Waals surface area contributed by atoms with Gasteiger partial charge in [-0.25, -0.2) is 4.39 Å². The Labute approximate surface area is 140 Å². The Kier molecular flexibility index (Phi) is 4.65. The number of hydrogen-bond donors (Lipinski definition) is 2. The van der Waals surface area contributed by atoms with Gasteiger partial charge in [0.2, 0.25) is 5.91 Å². The van der Waals surface area contributed by atoms with Crippen LogP contribution in [0.2, 0.25) is 0 Å². The number of hydrogen-bond acceptors (Lipinski definition) is 2. The predicted octanol–water partition coefficient (Wildman–Crippen LogP) is 4.14. The zero-order chi connectivity index (χ0) is 17.1. The van der Waals surface area contributed by atoms with E-state index >= 15 is 0 Å². The smallest absolute Gasteiger partial charge is 0.217 e. The lowest BCUT2D eigenvalue weighted by Crippen LogP contribution is -2.38. The van der Waals surface area contributed by atoms with E-state index in [0.29, 0.717) is 0 Å². The second-order valence-corrected chi connectivity index (χ2v) is 6.14. The first-order chi connectivity index (χ1) is 11.5. The summed E-state index contributed by atoms with van der Waals surface area (Å²) in [6, 6.07) is 11.5. The van der Waals surface area contributed by atoms with E-state index in [2.05, 4.69) is 17.5 Å². The van der Waals surface area contributed by atoms with Gasteiger partial charge in [0, 0.05) is 18.9 Å². The van der Waals surface area contributed by atoms with Crippen LogP contribution in [0.5, 0.6) is 5.75 Å². The molecule has 0 aliphatic heterocycles. The van der Waals surface area contributed by atoms with Crippen molar-refractivity contribution in [2.24, 2.45) is 0 Å². The fourth-order valence-electron chi connectivity index (χ4n) is 3.35. The maximum absolute atomic E-state index is 13.6. The van der Waals surface area contributed by atoms with Gasteiger partial charge in [-0.15, -0.1) is 0 Å². The molecule has 2 unspecified atom stereocenters. The van der Waals surface area contributed by atoms with Crippen molar-refractivity contribution >= 4 is 5.91 Å². The van der Waals surface area contributed by atoms with Crippen LogP contribution in [-0.2, 0) is 4.79 Å². The van der Waals surface area contributed by atoms with Crippen molar-refractivity contribution in [3.8, 4) is 16.9 Å². The highest BCUT2D eigenvalue weighted by Gasteiger charge is 2.27. The minimum Gasteiger partial charge on any atom is -0.508 e. The molecule has 0 saturated carbocycles. The van der Waals surface area contributed by atoms with Crippen LogP contribution in [0.3, 0.4) is 0 Å². The molecule has 24 heavy (non-hydrogen) atoms. The summed E-state index contributed by atoms with van der Waals surface area (Å²) in [6.45, 7) is 1.51. The number of carbonyl (C=O) groups is 1. The van der Waals surface area contributed by atoms with E-state index in [-0.39, 0.29) is 29.4 Å². The van der Waals surface area contributed by atoms with Gasteiger partial charge in [-0.1, -0.05) is 30.4 Å². The third-order valence-corrected chi connectivity index (χ3v) is 4.39. The lowest BCUT2D eigenvalue weighted by Gasteiger charge is -2.31. The molecule has 2 N–H and O–H groups in total. The average Bonchev–Trinajstić information content (AvgIpc) is 2.55. The third kappa shape index (κ3) is 3.48. The quantitative estimate of drug-likeness (QED) is 0.833. The van der Waals surface area contributed by atoms with Crippen LogP contribution >= 0.6 is 0 Å². The molecule has 0 radical (unpaired) electrons. The van der Waals surface area contributed by atoms with Gasteiger partial charge >= 0.3 is 0 Å². The molecule has 1 aliphatic carbocycles. The van der Waals surface area contributed by atoms with Crippen molar-refractivity contribution in [2.75, 3.05) is 0 Å².